The van der Waals surface area contributed by atoms with Crippen molar-refractivity contribution < 1.29 is 9.84 Å². The van der Waals surface area contributed by atoms with Crippen molar-refractivity contribution in [3.8, 4) is 0 Å². The summed E-state index contributed by atoms with van der Waals surface area (Å²) in [5.41, 5.74) is 15.4. The number of aliphatic hydroxyl groups excluding tert-OH is 1. The van der Waals surface area contributed by atoms with E-state index in [4.69, 9.17) is 162 Å². The molecule has 0 atom stereocenters. The van der Waals surface area contributed by atoms with Gasteiger partial charge in [-0.05, 0) is 6.42 Å². The van der Waals surface area contributed by atoms with Gasteiger partial charge in [0, 0.05) is 6.61 Å². The summed E-state index contributed by atoms with van der Waals surface area (Å²) >= 11 is 70.6. The molecule has 2 aliphatic carbocycles. The van der Waals surface area contributed by atoms with Gasteiger partial charge in [0.1, 0.15) is 6.79 Å². The van der Waals surface area contributed by atoms with Crippen LogP contribution in [0.1, 0.15) is 19.8 Å². The molecule has 2 aliphatic rings. The second-order valence-electron chi connectivity index (χ2n) is 8.13. The summed E-state index contributed by atoms with van der Waals surface area (Å²) < 4.78 is 4.63. The van der Waals surface area contributed by atoms with Crippen molar-refractivity contribution in [2.24, 2.45) is 0 Å². The Morgan fingerprint density at radius 1 is 0.525 bits per heavy atom. The molecule has 7 N–H and O–H groups in total. The van der Waals surface area contributed by atoms with Crippen molar-refractivity contribution in [3.05, 3.63) is 0 Å². The molecule has 0 bridgehead atoms. The largest absolute Gasteiger partial charge is 0.371 e. The van der Waals surface area contributed by atoms with Gasteiger partial charge >= 0.3 is 0 Å². The number of hydrogen-bond donors (Lipinski definition) is 4. The van der Waals surface area contributed by atoms with E-state index in [0.29, 0.717) is 6.61 Å². The molecular formula is C20H30Cl12N6O2. The lowest BCUT2D eigenvalue weighted by Crippen LogP contribution is -2.52. The maximum Gasteiger partial charge on any atom is 0.226 e. The fraction of sp³-hybridized carbons (Fsp3) is 0.850. The lowest BCUT2D eigenvalue weighted by molar-refractivity contribution is -0.00234. The number of nitrogen functional groups attached to an aromatic ring is 3. The van der Waals surface area contributed by atoms with Gasteiger partial charge in [-0.2, -0.15) is 15.0 Å². The number of aromatic nitrogens is 3. The zero-order valence-electron chi connectivity index (χ0n) is 20.7. The molecule has 20 heteroatoms. The second kappa shape index (κ2) is 21.5. The lowest BCUT2D eigenvalue weighted by atomic mass is 9.97. The third-order valence-electron chi connectivity index (χ3n) is 5.07. The predicted molar refractivity (Wildman–Crippen MR) is 177 cm³/mol. The van der Waals surface area contributed by atoms with Crippen LogP contribution in [0.3, 0.4) is 0 Å². The zero-order valence-corrected chi connectivity index (χ0v) is 29.8. The number of hydrogen-bond acceptors (Lipinski definition) is 8. The number of halogens is 12. The minimum absolute atomic E-state index is 0.0417. The van der Waals surface area contributed by atoms with E-state index >= 15 is 0 Å². The Kier molecular flexibility index (Phi) is 22.5. The molecule has 0 saturated heterocycles. The van der Waals surface area contributed by atoms with Gasteiger partial charge in [0.05, 0.1) is 64.5 Å². The quantitative estimate of drug-likeness (QED) is 0.150. The number of nitrogens with zero attached hydrogens (tertiary/aromatic N) is 3. The van der Waals surface area contributed by atoms with Crippen molar-refractivity contribution in [2.45, 2.75) is 84.3 Å². The number of ether oxygens (including phenoxy) is 1. The molecule has 1 aromatic rings. The minimum Gasteiger partial charge on any atom is -0.371 e. The molecule has 236 valence electrons. The zero-order chi connectivity index (χ0) is 31.3. The van der Waals surface area contributed by atoms with Gasteiger partial charge in [0.15, 0.2) is 0 Å². The Bertz CT molecular complexity index is 635. The molecule has 0 spiro atoms. The monoisotopic (exact) mass is 806 g/mol. The molecule has 0 radical (unpaired) electrons. The van der Waals surface area contributed by atoms with E-state index in [-0.39, 0.29) is 24.6 Å². The standard InChI is InChI=1S/2C6H6Cl6.C5H12O2.C3H6N6/c2*7-1-2(8)4(10)6(12)5(11)3(1)9;1-2-3-4-7-5-6;4-1-7-2(5)9-3(6)8-1/h2*1-6H;6H,2-5H2,1H3;(H6,4,5,6,7,8,9)/t2*1-,2-,3-,4+,5+,6+;;. The highest BCUT2D eigenvalue weighted by Crippen LogP contribution is 2.40. The van der Waals surface area contributed by atoms with E-state index in [0.717, 1.165) is 12.8 Å². The van der Waals surface area contributed by atoms with Crippen molar-refractivity contribution in [3.63, 3.8) is 0 Å². The smallest absolute Gasteiger partial charge is 0.226 e. The normalized spacial score (nSPS) is 37.0. The SMILES string of the molecule is CCCCOCO.Cl[C@H]1[C@H](Cl)[C@@H](Cl)[C@@H](Cl)[C@H](Cl)[C@H]1Cl.Cl[C@H]1[C@H](Cl)[C@@H](Cl)[C@@H](Cl)[C@H](Cl)[C@H]1Cl.Nc1nc(N)nc(N)n1. The van der Waals surface area contributed by atoms with Crippen molar-refractivity contribution in [2.75, 3.05) is 30.6 Å². The molecule has 0 aliphatic heterocycles. The summed E-state index contributed by atoms with van der Waals surface area (Å²) in [5.74, 6) is 0.125. The van der Waals surface area contributed by atoms with Crippen LogP contribution >= 0.6 is 139 Å². The van der Waals surface area contributed by atoms with Crippen LogP contribution in [0, 0.1) is 0 Å². The van der Waals surface area contributed by atoms with E-state index in [1.807, 2.05) is 0 Å². The van der Waals surface area contributed by atoms with E-state index < -0.39 is 64.5 Å². The van der Waals surface area contributed by atoms with E-state index in [2.05, 4.69) is 26.6 Å². The summed E-state index contributed by atoms with van der Waals surface area (Å²) in [6.45, 7) is 2.63. The Balaban J connectivity index is 0.000000518. The molecule has 1 aromatic heterocycles. The Labute approximate surface area is 294 Å². The van der Waals surface area contributed by atoms with Gasteiger partial charge < -0.3 is 27.0 Å². The molecule has 0 aromatic carbocycles. The van der Waals surface area contributed by atoms with Crippen LogP contribution in [-0.4, -0.2) is 98.0 Å². The first-order valence-electron chi connectivity index (χ1n) is 11.4. The van der Waals surface area contributed by atoms with Crippen molar-refractivity contribution >= 4 is 157 Å². The van der Waals surface area contributed by atoms with Crippen LogP contribution in [0.5, 0.6) is 0 Å². The highest BCUT2D eigenvalue weighted by molar-refractivity contribution is 6.46. The molecule has 8 nitrogen and oxygen atoms in total. The van der Waals surface area contributed by atoms with Crippen molar-refractivity contribution in [1.29, 1.82) is 0 Å². The van der Waals surface area contributed by atoms with Gasteiger partial charge in [-0.15, -0.1) is 139 Å². The number of aliphatic hydroxyl groups is 1. The molecular weight excluding hydrogens is 782 g/mol. The molecule has 1 heterocycles. The average molecular weight is 812 g/mol. The average Bonchev–Trinajstić information content (AvgIpc) is 2.91. The summed E-state index contributed by atoms with van der Waals surface area (Å²) in [4.78, 5) is 10.5. The van der Waals surface area contributed by atoms with Crippen LogP contribution < -0.4 is 17.2 Å². The third-order valence-corrected chi connectivity index (χ3v) is 13.1. The van der Waals surface area contributed by atoms with Gasteiger partial charge in [0.25, 0.3) is 0 Å². The number of nitrogens with two attached hydrogens (primary N) is 3. The van der Waals surface area contributed by atoms with Crippen LogP contribution in [0.2, 0.25) is 0 Å². The lowest BCUT2D eigenvalue weighted by Gasteiger charge is -2.37. The predicted octanol–water partition coefficient (Wildman–Crippen LogP) is 6.66. The summed E-state index contributed by atoms with van der Waals surface area (Å²) in [7, 11) is 0. The molecule has 0 amide bonds. The van der Waals surface area contributed by atoms with Crippen LogP contribution in [0.25, 0.3) is 0 Å². The third kappa shape index (κ3) is 13.8. The summed E-state index contributed by atoms with van der Waals surface area (Å²) in [6.07, 6.45) is 2.17. The van der Waals surface area contributed by atoms with Crippen LogP contribution in [-0.2, 0) is 4.74 Å². The van der Waals surface area contributed by atoms with E-state index in [9.17, 15) is 0 Å². The fourth-order valence-electron chi connectivity index (χ4n) is 2.85. The van der Waals surface area contributed by atoms with Crippen LogP contribution in [0.15, 0.2) is 0 Å². The first-order chi connectivity index (χ1) is 18.5. The van der Waals surface area contributed by atoms with Gasteiger partial charge in [-0.1, -0.05) is 13.3 Å². The second-order valence-corrected chi connectivity index (χ2v) is 14.2. The van der Waals surface area contributed by atoms with Crippen molar-refractivity contribution in [1.82, 2.24) is 15.0 Å². The summed E-state index contributed by atoms with van der Waals surface area (Å²) in [5, 5.41) is 2.83. The number of rotatable bonds is 4. The number of anilines is 3. The minimum atomic E-state index is -0.437. The molecule has 0 unspecified atom stereocenters. The van der Waals surface area contributed by atoms with Gasteiger partial charge in [-0.3, -0.25) is 0 Å². The Morgan fingerprint density at radius 2 is 0.725 bits per heavy atom. The molecule has 3 rings (SSSR count). The maximum absolute atomic E-state index is 8.07. The van der Waals surface area contributed by atoms with Gasteiger partial charge in [0.2, 0.25) is 17.8 Å². The van der Waals surface area contributed by atoms with Crippen LogP contribution in [0.4, 0.5) is 17.8 Å². The highest BCUT2D eigenvalue weighted by Gasteiger charge is 2.47. The highest BCUT2D eigenvalue weighted by atomic mass is 35.5. The van der Waals surface area contributed by atoms with Gasteiger partial charge in [-0.25, -0.2) is 0 Å². The molecule has 2 fully saturated rings. The first kappa shape index (κ1) is 41.8. The topological polar surface area (TPSA) is 146 Å². The molecule has 2 saturated carbocycles. The molecule has 40 heavy (non-hydrogen) atoms. The number of unbranched alkanes of at least 4 members (excludes halogenated alkanes) is 1. The Hall–Kier alpha value is 1.81. The fourth-order valence-corrected chi connectivity index (χ4v) is 7.50. The number of alkyl halides is 12. The first-order valence-corrected chi connectivity index (χ1v) is 16.7. The Morgan fingerprint density at radius 3 is 0.875 bits per heavy atom. The maximum atomic E-state index is 8.07. The summed E-state index contributed by atoms with van der Waals surface area (Å²) in [6, 6.07) is 0. The van der Waals surface area contributed by atoms with E-state index in [1.165, 1.54) is 0 Å². The van der Waals surface area contributed by atoms with E-state index in [1.54, 1.807) is 0 Å².